The average Bonchev–Trinajstić information content (AvgIpc) is 2.29. The lowest BCUT2D eigenvalue weighted by atomic mass is 10.00. The molecule has 17 heavy (non-hydrogen) atoms. The molecule has 0 spiro atoms. The first-order chi connectivity index (χ1) is 7.99. The molecule has 0 aliphatic heterocycles. The number of hydrogen-bond donors (Lipinski definition) is 0. The summed E-state index contributed by atoms with van der Waals surface area (Å²) in [7, 11) is 0. The maximum Gasteiger partial charge on any atom is 0.416 e. The van der Waals surface area contributed by atoms with Gasteiger partial charge in [0.1, 0.15) is 0 Å². The van der Waals surface area contributed by atoms with Gasteiger partial charge in [-0.05, 0) is 30.5 Å². The first-order valence-electron chi connectivity index (χ1n) is 5.55. The normalized spacial score (nSPS) is 11.1. The third kappa shape index (κ3) is 3.79. The SMILES string of the molecule is C=C=C(CCCC)c1ccc(C(F)(F)F)cc1. The summed E-state index contributed by atoms with van der Waals surface area (Å²) in [6.45, 7) is 5.64. The van der Waals surface area contributed by atoms with E-state index in [0.29, 0.717) is 0 Å². The van der Waals surface area contributed by atoms with E-state index in [2.05, 4.69) is 19.2 Å². The summed E-state index contributed by atoms with van der Waals surface area (Å²) in [5.41, 5.74) is 3.81. The second-order valence-corrected chi connectivity index (χ2v) is 3.83. The molecule has 0 fully saturated rings. The molecule has 0 nitrogen and oxygen atoms in total. The van der Waals surface area contributed by atoms with Crippen molar-refractivity contribution in [3.8, 4) is 0 Å². The van der Waals surface area contributed by atoms with Crippen molar-refractivity contribution < 1.29 is 13.2 Å². The van der Waals surface area contributed by atoms with E-state index in [1.807, 2.05) is 0 Å². The van der Waals surface area contributed by atoms with Gasteiger partial charge in [0.15, 0.2) is 0 Å². The first kappa shape index (κ1) is 13.6. The standard InChI is InChI=1S/C14H15F3/c1-3-5-6-11(4-2)12-7-9-13(10-8-12)14(15,16)17/h7-10H,2-3,5-6H2,1H3. The lowest BCUT2D eigenvalue weighted by Gasteiger charge is -2.08. The van der Waals surface area contributed by atoms with Crippen LogP contribution in [0.4, 0.5) is 13.2 Å². The lowest BCUT2D eigenvalue weighted by Crippen LogP contribution is -2.04. The van der Waals surface area contributed by atoms with Gasteiger partial charge in [0.25, 0.3) is 0 Å². The predicted octanol–water partition coefficient (Wildman–Crippen LogP) is 5.06. The molecule has 0 aromatic heterocycles. The summed E-state index contributed by atoms with van der Waals surface area (Å²) < 4.78 is 37.1. The third-order valence-electron chi connectivity index (χ3n) is 2.55. The van der Waals surface area contributed by atoms with Crippen LogP contribution in [0.3, 0.4) is 0 Å². The van der Waals surface area contributed by atoms with Gasteiger partial charge in [0.2, 0.25) is 0 Å². The maximum absolute atomic E-state index is 12.4. The Bertz CT molecular complexity index is 406. The van der Waals surface area contributed by atoms with Crippen LogP contribution in [0, 0.1) is 0 Å². The minimum Gasteiger partial charge on any atom is -0.166 e. The monoisotopic (exact) mass is 240 g/mol. The molecule has 0 N–H and O–H groups in total. The van der Waals surface area contributed by atoms with Crippen LogP contribution in [-0.4, -0.2) is 0 Å². The maximum atomic E-state index is 12.4. The molecule has 0 unspecified atom stereocenters. The number of rotatable bonds is 4. The van der Waals surface area contributed by atoms with Crippen LogP contribution in [0.25, 0.3) is 5.57 Å². The molecule has 0 saturated carbocycles. The van der Waals surface area contributed by atoms with E-state index in [1.54, 1.807) is 0 Å². The van der Waals surface area contributed by atoms with Crippen molar-refractivity contribution in [1.29, 1.82) is 0 Å². The topological polar surface area (TPSA) is 0 Å². The molecule has 0 aliphatic carbocycles. The highest BCUT2D eigenvalue weighted by Crippen LogP contribution is 2.30. The fourth-order valence-corrected chi connectivity index (χ4v) is 1.55. The Hall–Kier alpha value is -1.47. The molecule has 0 bridgehead atoms. The quantitative estimate of drug-likeness (QED) is 0.645. The number of halogens is 3. The third-order valence-corrected chi connectivity index (χ3v) is 2.55. The Labute approximate surface area is 99.5 Å². The highest BCUT2D eigenvalue weighted by Gasteiger charge is 2.29. The predicted molar refractivity (Wildman–Crippen MR) is 63.5 cm³/mol. The molecule has 1 aromatic carbocycles. The molecule has 0 saturated heterocycles. The van der Waals surface area contributed by atoms with Crippen molar-refractivity contribution in [1.82, 2.24) is 0 Å². The first-order valence-corrected chi connectivity index (χ1v) is 5.55. The molecule has 0 atom stereocenters. The van der Waals surface area contributed by atoms with E-state index in [9.17, 15) is 13.2 Å². The van der Waals surface area contributed by atoms with Crippen LogP contribution in [-0.2, 0) is 6.18 Å². The minimum absolute atomic E-state index is 0.625. The molecule has 0 heterocycles. The van der Waals surface area contributed by atoms with Crippen LogP contribution in [0.2, 0.25) is 0 Å². The average molecular weight is 240 g/mol. The van der Waals surface area contributed by atoms with Gasteiger partial charge in [-0.25, -0.2) is 0 Å². The van der Waals surface area contributed by atoms with Gasteiger partial charge in [-0.1, -0.05) is 32.1 Å². The van der Waals surface area contributed by atoms with Crippen LogP contribution in [0.1, 0.15) is 37.3 Å². The van der Waals surface area contributed by atoms with Crippen molar-refractivity contribution in [3.05, 3.63) is 47.7 Å². The van der Waals surface area contributed by atoms with Gasteiger partial charge in [-0.15, -0.1) is 5.73 Å². The number of hydrogen-bond acceptors (Lipinski definition) is 0. The zero-order valence-electron chi connectivity index (χ0n) is 9.77. The molecule has 1 rings (SSSR count). The van der Waals surface area contributed by atoms with Crippen molar-refractivity contribution in [2.45, 2.75) is 32.4 Å². The second kappa shape index (κ2) is 5.74. The summed E-state index contributed by atoms with van der Waals surface area (Å²) in [4.78, 5) is 0. The van der Waals surface area contributed by atoms with Gasteiger partial charge in [0, 0.05) is 5.57 Å². The van der Waals surface area contributed by atoms with Crippen LogP contribution < -0.4 is 0 Å². The van der Waals surface area contributed by atoms with E-state index in [1.165, 1.54) is 12.1 Å². The smallest absolute Gasteiger partial charge is 0.166 e. The Morgan fingerprint density at radius 2 is 1.82 bits per heavy atom. The van der Waals surface area contributed by atoms with E-state index >= 15 is 0 Å². The molecule has 0 amide bonds. The fourth-order valence-electron chi connectivity index (χ4n) is 1.55. The van der Waals surface area contributed by atoms with Crippen LogP contribution in [0.15, 0.2) is 36.6 Å². The molecule has 0 aliphatic rings. The number of alkyl halides is 3. The summed E-state index contributed by atoms with van der Waals surface area (Å²) in [6.07, 6.45) is -1.46. The van der Waals surface area contributed by atoms with Gasteiger partial charge < -0.3 is 0 Å². The molecule has 3 heteroatoms. The van der Waals surface area contributed by atoms with E-state index in [0.717, 1.165) is 42.5 Å². The van der Waals surface area contributed by atoms with E-state index in [-0.39, 0.29) is 0 Å². The van der Waals surface area contributed by atoms with Gasteiger partial charge in [-0.2, -0.15) is 13.2 Å². The summed E-state index contributed by atoms with van der Waals surface area (Å²) in [5, 5.41) is 0. The summed E-state index contributed by atoms with van der Waals surface area (Å²) in [6, 6.07) is 5.15. The summed E-state index contributed by atoms with van der Waals surface area (Å²) >= 11 is 0. The van der Waals surface area contributed by atoms with Crippen LogP contribution in [0.5, 0.6) is 0 Å². The van der Waals surface area contributed by atoms with Gasteiger partial charge in [-0.3, -0.25) is 0 Å². The van der Waals surface area contributed by atoms with Crippen molar-refractivity contribution in [2.75, 3.05) is 0 Å². The Morgan fingerprint density at radius 3 is 2.24 bits per heavy atom. The van der Waals surface area contributed by atoms with Crippen molar-refractivity contribution in [3.63, 3.8) is 0 Å². The number of unbranched alkanes of at least 4 members (excludes halogenated alkanes) is 1. The Morgan fingerprint density at radius 1 is 1.24 bits per heavy atom. The zero-order chi connectivity index (χ0) is 12.9. The molecule has 92 valence electrons. The fraction of sp³-hybridized carbons (Fsp3) is 0.357. The molecular formula is C14H15F3. The van der Waals surface area contributed by atoms with Crippen molar-refractivity contribution in [2.24, 2.45) is 0 Å². The van der Waals surface area contributed by atoms with Crippen LogP contribution >= 0.6 is 0 Å². The summed E-state index contributed by atoms with van der Waals surface area (Å²) in [5.74, 6) is 0. The number of allylic oxidation sites excluding steroid dienone is 1. The second-order valence-electron chi connectivity index (χ2n) is 3.83. The Kier molecular flexibility index (Phi) is 4.59. The molecule has 1 aromatic rings. The largest absolute Gasteiger partial charge is 0.416 e. The van der Waals surface area contributed by atoms with Gasteiger partial charge >= 0.3 is 6.18 Å². The molecule has 0 radical (unpaired) electrons. The van der Waals surface area contributed by atoms with Gasteiger partial charge in [0.05, 0.1) is 5.56 Å². The van der Waals surface area contributed by atoms with Crippen molar-refractivity contribution >= 4 is 5.57 Å². The minimum atomic E-state index is -4.28. The number of benzene rings is 1. The zero-order valence-corrected chi connectivity index (χ0v) is 9.77. The molecular weight excluding hydrogens is 225 g/mol. The highest BCUT2D eigenvalue weighted by atomic mass is 19.4. The van der Waals surface area contributed by atoms with E-state index in [4.69, 9.17) is 0 Å². The highest BCUT2D eigenvalue weighted by molar-refractivity contribution is 5.64. The lowest BCUT2D eigenvalue weighted by molar-refractivity contribution is -0.137. The Balaban J connectivity index is 2.90. The van der Waals surface area contributed by atoms with E-state index < -0.39 is 11.7 Å².